The molecule has 0 fully saturated rings. The van der Waals surface area contributed by atoms with E-state index in [0.717, 1.165) is 90.2 Å². The Bertz CT molecular complexity index is 2610. The van der Waals surface area contributed by atoms with Gasteiger partial charge in [-0.15, -0.1) is 5.54 Å². The van der Waals surface area contributed by atoms with E-state index in [-0.39, 0.29) is 5.41 Å². The highest BCUT2D eigenvalue weighted by Gasteiger charge is 2.29. The molecule has 3 aromatic carbocycles. The summed E-state index contributed by atoms with van der Waals surface area (Å²) in [7, 11) is -1.47. The van der Waals surface area contributed by atoms with Crippen molar-refractivity contribution in [2.24, 2.45) is 0 Å². The van der Waals surface area contributed by atoms with Gasteiger partial charge in [0.15, 0.2) is 0 Å². The molecular formula is C46H41IN4Si. The van der Waals surface area contributed by atoms with Gasteiger partial charge < -0.3 is 9.97 Å². The summed E-state index contributed by atoms with van der Waals surface area (Å²) in [5.74, 6) is 3.40. The van der Waals surface area contributed by atoms with Gasteiger partial charge >= 0.3 is 0 Å². The summed E-state index contributed by atoms with van der Waals surface area (Å²) < 4.78 is 1.21. The van der Waals surface area contributed by atoms with Crippen LogP contribution in [-0.2, 0) is 11.8 Å². The fourth-order valence-corrected chi connectivity index (χ4v) is 7.80. The molecule has 5 heterocycles. The average Bonchev–Trinajstić information content (AvgIpc) is 3.88. The average molecular weight is 805 g/mol. The van der Waals surface area contributed by atoms with E-state index in [1.54, 1.807) is 0 Å². The molecule has 0 amide bonds. The van der Waals surface area contributed by atoms with Crippen molar-refractivity contribution in [3.8, 4) is 44.8 Å². The summed E-state index contributed by atoms with van der Waals surface area (Å²) in [5, 5.41) is 0. The Kier molecular flexibility index (Phi) is 8.67. The van der Waals surface area contributed by atoms with Gasteiger partial charge in [-0.2, -0.15) is 0 Å². The second kappa shape index (κ2) is 13.2. The van der Waals surface area contributed by atoms with E-state index in [1.807, 2.05) is 0 Å². The number of nitrogens with one attached hydrogen (secondary N) is 2. The van der Waals surface area contributed by atoms with Crippen LogP contribution in [0.5, 0.6) is 0 Å². The molecule has 0 radical (unpaired) electrons. The van der Waals surface area contributed by atoms with Crippen LogP contribution < -0.4 is 0 Å². The van der Waals surface area contributed by atoms with Crippen molar-refractivity contribution in [3.05, 3.63) is 141 Å². The predicted octanol–water partition coefficient (Wildman–Crippen LogP) is 12.1. The first-order valence-corrected chi connectivity index (χ1v) is 22.4. The molecule has 2 N–H and O–H groups in total. The number of H-pyrrole nitrogens is 2. The van der Waals surface area contributed by atoms with Crippen LogP contribution in [0.15, 0.2) is 103 Å². The van der Waals surface area contributed by atoms with E-state index in [1.165, 1.54) is 9.13 Å². The number of hydrogen-bond acceptors (Lipinski definition) is 2. The molecule has 2 aliphatic rings. The number of aromatic nitrogens is 4. The van der Waals surface area contributed by atoms with Gasteiger partial charge in [0.2, 0.25) is 0 Å². The summed E-state index contributed by atoms with van der Waals surface area (Å²) >= 11 is 2.37. The lowest BCUT2D eigenvalue weighted by Crippen LogP contribution is -2.16. The van der Waals surface area contributed by atoms with Gasteiger partial charge in [0.25, 0.3) is 0 Å². The number of hydrogen-bond donors (Lipinski definition) is 2. The molecule has 0 spiro atoms. The lowest BCUT2D eigenvalue weighted by atomic mass is 9.87. The van der Waals surface area contributed by atoms with Crippen molar-refractivity contribution >= 4 is 64.9 Å². The van der Waals surface area contributed by atoms with Crippen LogP contribution in [-0.4, -0.2) is 28.0 Å². The standard InChI is InChI=1S/C46H41IN4Si/c1-29-7-11-33(12-8-29)45-40-20-19-35(48-40)25-41-38(31-13-9-30(10-14-31)21-22-52(4,5)6)24-36(49-41)23-37-28-46(2,3)44(50-37)27-42-39(26-43(45)51-42)32-15-17-34(47)18-16-32/h7-20,23-27,49,51H,28H2,1-6H3. The number of aromatic amines is 2. The second-order valence-electron chi connectivity index (χ2n) is 15.6. The summed E-state index contributed by atoms with van der Waals surface area (Å²) in [5.41, 5.74) is 20.4. The molecule has 4 nitrogen and oxygen atoms in total. The fourth-order valence-electron chi connectivity index (χ4n) is 6.93. The highest BCUT2D eigenvalue weighted by molar-refractivity contribution is 14.1. The lowest BCUT2D eigenvalue weighted by molar-refractivity contribution is 0.543. The molecule has 0 saturated carbocycles. The zero-order valence-corrected chi connectivity index (χ0v) is 33.6. The zero-order chi connectivity index (χ0) is 36.2. The number of nitrogens with zero attached hydrogens (tertiary/aromatic N) is 2. The molecule has 0 saturated heterocycles. The van der Waals surface area contributed by atoms with Crippen LogP contribution >= 0.6 is 22.6 Å². The minimum Gasteiger partial charge on any atom is -0.355 e. The summed E-state index contributed by atoms with van der Waals surface area (Å²) in [4.78, 5) is 18.1. The van der Waals surface area contributed by atoms with Crippen LogP contribution in [0.25, 0.3) is 67.6 Å². The highest BCUT2D eigenvalue weighted by Crippen LogP contribution is 2.37. The summed E-state index contributed by atoms with van der Waals surface area (Å²) in [6.07, 6.45) is 5.10. The minimum absolute atomic E-state index is 0.142. The van der Waals surface area contributed by atoms with Crippen molar-refractivity contribution in [3.63, 3.8) is 0 Å². The van der Waals surface area contributed by atoms with Crippen molar-refractivity contribution in [1.29, 1.82) is 0 Å². The van der Waals surface area contributed by atoms with Crippen molar-refractivity contribution in [1.82, 2.24) is 19.9 Å². The Labute approximate surface area is 320 Å². The molecule has 8 bridgehead atoms. The number of fused-ring (bicyclic) bond motifs is 8. The Morgan fingerprint density at radius 1 is 0.692 bits per heavy atom. The monoisotopic (exact) mass is 804 g/mol. The normalized spacial score (nSPS) is 13.5. The fraction of sp³-hybridized carbons (Fsp3) is 0.174. The van der Waals surface area contributed by atoms with Gasteiger partial charge in [-0.1, -0.05) is 93.5 Å². The van der Waals surface area contributed by atoms with Gasteiger partial charge in [-0.25, -0.2) is 4.98 Å². The largest absolute Gasteiger partial charge is 0.355 e. The van der Waals surface area contributed by atoms with E-state index < -0.39 is 8.07 Å². The topological polar surface area (TPSA) is 57.4 Å². The zero-order valence-electron chi connectivity index (χ0n) is 30.4. The predicted molar refractivity (Wildman–Crippen MR) is 231 cm³/mol. The maximum absolute atomic E-state index is 5.28. The molecule has 256 valence electrons. The van der Waals surface area contributed by atoms with Crippen molar-refractivity contribution < 1.29 is 0 Å². The summed E-state index contributed by atoms with van der Waals surface area (Å²) in [6.45, 7) is 13.5. The van der Waals surface area contributed by atoms with Crippen LogP contribution in [0.3, 0.4) is 0 Å². The molecule has 0 atom stereocenters. The molecule has 0 aliphatic carbocycles. The first-order chi connectivity index (χ1) is 24.9. The van der Waals surface area contributed by atoms with Gasteiger partial charge in [0.1, 0.15) is 8.07 Å². The Morgan fingerprint density at radius 3 is 2.06 bits per heavy atom. The van der Waals surface area contributed by atoms with E-state index in [2.05, 4.69) is 200 Å². The minimum atomic E-state index is -1.47. The number of aryl methyl sites for hydroxylation is 1. The van der Waals surface area contributed by atoms with Crippen LogP contribution in [0.2, 0.25) is 19.6 Å². The first kappa shape index (κ1) is 34.1. The molecule has 0 unspecified atom stereocenters. The molecule has 52 heavy (non-hydrogen) atoms. The molecule has 8 rings (SSSR count). The maximum Gasteiger partial charge on any atom is 0.129 e. The van der Waals surface area contributed by atoms with Gasteiger partial charge in [-0.3, -0.25) is 4.98 Å². The number of benzene rings is 3. The van der Waals surface area contributed by atoms with Gasteiger partial charge in [0, 0.05) is 71.1 Å². The van der Waals surface area contributed by atoms with E-state index >= 15 is 0 Å². The third kappa shape index (κ3) is 7.08. The molecule has 3 aromatic heterocycles. The molecule has 6 heteroatoms. The third-order valence-corrected chi connectivity index (χ3v) is 11.2. The first-order valence-electron chi connectivity index (χ1n) is 17.8. The maximum atomic E-state index is 5.28. The van der Waals surface area contributed by atoms with Crippen molar-refractivity contribution in [2.45, 2.75) is 52.2 Å². The van der Waals surface area contributed by atoms with E-state index in [0.29, 0.717) is 0 Å². The van der Waals surface area contributed by atoms with Crippen LogP contribution in [0.1, 0.15) is 47.8 Å². The number of rotatable bonds is 3. The SMILES string of the molecule is Cc1ccc(-c2c3nc(cc4[nH]c(cc5nc(cc6[nH]c2cc6-c2ccc(I)cc2)C(C)(C)C5)cc4-c2ccc(C#C[Si](C)(C)C)cc2)C=C3)cc1. The Morgan fingerprint density at radius 2 is 1.35 bits per heavy atom. The smallest absolute Gasteiger partial charge is 0.129 e. The molecule has 2 aliphatic heterocycles. The summed E-state index contributed by atoms with van der Waals surface area (Å²) in [6, 6.07) is 37.3. The number of halogens is 1. The van der Waals surface area contributed by atoms with Gasteiger partial charge in [-0.05, 0) is 113 Å². The lowest BCUT2D eigenvalue weighted by Gasteiger charge is -2.15. The van der Waals surface area contributed by atoms with E-state index in [9.17, 15) is 0 Å². The van der Waals surface area contributed by atoms with Crippen LogP contribution in [0.4, 0.5) is 0 Å². The second-order valence-corrected chi connectivity index (χ2v) is 21.6. The Hall–Kier alpha value is -4.97. The van der Waals surface area contributed by atoms with Crippen molar-refractivity contribution in [2.75, 3.05) is 0 Å². The van der Waals surface area contributed by atoms with Crippen LogP contribution in [0, 0.1) is 22.0 Å². The molecule has 6 aromatic rings. The Balaban J connectivity index is 1.42. The quantitative estimate of drug-likeness (QED) is 0.106. The van der Waals surface area contributed by atoms with E-state index in [4.69, 9.17) is 9.97 Å². The molecular weight excluding hydrogens is 764 g/mol. The third-order valence-electron chi connectivity index (χ3n) is 9.65. The van der Waals surface area contributed by atoms with Gasteiger partial charge in [0.05, 0.1) is 11.4 Å². The highest BCUT2D eigenvalue weighted by atomic mass is 127.